The van der Waals surface area contributed by atoms with Crippen LogP contribution in [0, 0.1) is 5.92 Å². The van der Waals surface area contributed by atoms with E-state index in [-0.39, 0.29) is 6.04 Å². The first-order valence-corrected chi connectivity index (χ1v) is 5.86. The van der Waals surface area contributed by atoms with E-state index in [1.54, 1.807) is 18.7 Å². The van der Waals surface area contributed by atoms with E-state index in [2.05, 4.69) is 23.8 Å². The summed E-state index contributed by atoms with van der Waals surface area (Å²) < 4.78 is 2.02. The van der Waals surface area contributed by atoms with Gasteiger partial charge in [-0.2, -0.15) is 0 Å². The Morgan fingerprint density at radius 1 is 1.24 bits per heavy atom. The van der Waals surface area contributed by atoms with Gasteiger partial charge >= 0.3 is 0 Å². The van der Waals surface area contributed by atoms with Gasteiger partial charge in [0.1, 0.15) is 0 Å². The van der Waals surface area contributed by atoms with E-state index >= 15 is 0 Å². The van der Waals surface area contributed by atoms with Crippen LogP contribution in [0.2, 0.25) is 0 Å². The lowest BCUT2D eigenvalue weighted by Gasteiger charge is -2.16. The zero-order valence-corrected chi connectivity index (χ0v) is 10.2. The molecule has 0 aliphatic heterocycles. The molecule has 2 aromatic heterocycles. The molecule has 0 aliphatic carbocycles. The highest BCUT2D eigenvalue weighted by Gasteiger charge is 2.13. The monoisotopic (exact) mass is 230 g/mol. The molecule has 17 heavy (non-hydrogen) atoms. The zero-order valence-electron chi connectivity index (χ0n) is 10.2. The molecule has 0 spiro atoms. The minimum Gasteiger partial charge on any atom is -0.323 e. The molecule has 0 fully saturated rings. The summed E-state index contributed by atoms with van der Waals surface area (Å²) in [6, 6.07) is 3.92. The van der Waals surface area contributed by atoms with Gasteiger partial charge in [0.05, 0.1) is 18.2 Å². The third kappa shape index (κ3) is 2.71. The van der Waals surface area contributed by atoms with Gasteiger partial charge in [-0.25, -0.2) is 4.98 Å². The number of imidazole rings is 1. The Kier molecular flexibility index (Phi) is 3.54. The van der Waals surface area contributed by atoms with Gasteiger partial charge in [-0.05, 0) is 24.5 Å². The Balaban J connectivity index is 2.29. The molecule has 0 saturated carbocycles. The molecule has 0 bridgehead atoms. The van der Waals surface area contributed by atoms with E-state index in [4.69, 9.17) is 5.73 Å². The van der Waals surface area contributed by atoms with Crippen molar-refractivity contribution in [2.45, 2.75) is 26.3 Å². The minimum atomic E-state index is 0.0191. The van der Waals surface area contributed by atoms with Gasteiger partial charge < -0.3 is 10.3 Å². The number of pyridine rings is 1. The van der Waals surface area contributed by atoms with E-state index in [0.717, 1.165) is 17.8 Å². The van der Waals surface area contributed by atoms with Crippen molar-refractivity contribution in [1.29, 1.82) is 0 Å². The summed E-state index contributed by atoms with van der Waals surface area (Å²) >= 11 is 0. The van der Waals surface area contributed by atoms with E-state index in [0.29, 0.717) is 5.92 Å². The van der Waals surface area contributed by atoms with Crippen LogP contribution >= 0.6 is 0 Å². The summed E-state index contributed by atoms with van der Waals surface area (Å²) in [6.45, 7) is 4.35. The average Bonchev–Trinajstić information content (AvgIpc) is 2.78. The van der Waals surface area contributed by atoms with Crippen molar-refractivity contribution in [3.8, 4) is 5.69 Å². The molecule has 1 unspecified atom stereocenters. The van der Waals surface area contributed by atoms with Crippen LogP contribution in [0.1, 0.15) is 32.0 Å². The molecule has 0 radical (unpaired) electrons. The highest BCUT2D eigenvalue weighted by Crippen LogP contribution is 2.21. The van der Waals surface area contributed by atoms with Crippen molar-refractivity contribution >= 4 is 0 Å². The van der Waals surface area contributed by atoms with Gasteiger partial charge in [-0.15, -0.1) is 0 Å². The quantitative estimate of drug-likeness (QED) is 0.876. The summed E-state index contributed by atoms with van der Waals surface area (Å²) in [4.78, 5) is 8.20. The topological polar surface area (TPSA) is 56.7 Å². The highest BCUT2D eigenvalue weighted by molar-refractivity contribution is 5.32. The fourth-order valence-corrected chi connectivity index (χ4v) is 1.93. The van der Waals surface area contributed by atoms with Gasteiger partial charge in [0.15, 0.2) is 0 Å². The SMILES string of the molecule is CC(C)CC(N)c1cncn1-c1ccncc1. The van der Waals surface area contributed by atoms with Crippen molar-refractivity contribution in [1.82, 2.24) is 14.5 Å². The lowest BCUT2D eigenvalue weighted by molar-refractivity contribution is 0.498. The molecular formula is C13H18N4. The predicted octanol–water partition coefficient (Wildman–Crippen LogP) is 2.31. The highest BCUT2D eigenvalue weighted by atomic mass is 15.1. The van der Waals surface area contributed by atoms with Gasteiger partial charge in [0.2, 0.25) is 0 Å². The number of rotatable bonds is 4. The normalized spacial score (nSPS) is 12.9. The van der Waals surface area contributed by atoms with Gasteiger partial charge in [-0.1, -0.05) is 13.8 Å². The first-order chi connectivity index (χ1) is 8.18. The molecule has 2 aromatic rings. The Hall–Kier alpha value is -1.68. The molecule has 1 atom stereocenters. The smallest absolute Gasteiger partial charge is 0.0994 e. The second-order valence-electron chi connectivity index (χ2n) is 4.63. The largest absolute Gasteiger partial charge is 0.323 e. The minimum absolute atomic E-state index is 0.0191. The summed E-state index contributed by atoms with van der Waals surface area (Å²) in [6.07, 6.45) is 8.13. The molecule has 2 N–H and O–H groups in total. The first kappa shape index (κ1) is 11.8. The molecule has 4 nitrogen and oxygen atoms in total. The number of hydrogen-bond acceptors (Lipinski definition) is 3. The van der Waals surface area contributed by atoms with E-state index in [1.807, 2.05) is 22.9 Å². The molecule has 2 rings (SSSR count). The number of aromatic nitrogens is 3. The standard InChI is InChI=1S/C13H18N4/c1-10(2)7-12(14)13-8-16-9-17(13)11-3-5-15-6-4-11/h3-6,8-10,12H,7,14H2,1-2H3. The van der Waals surface area contributed by atoms with E-state index < -0.39 is 0 Å². The van der Waals surface area contributed by atoms with Crippen molar-refractivity contribution in [3.05, 3.63) is 42.7 Å². The Labute approximate surface area is 102 Å². The van der Waals surface area contributed by atoms with Crippen LogP contribution in [-0.2, 0) is 0 Å². The van der Waals surface area contributed by atoms with Crippen molar-refractivity contribution in [2.24, 2.45) is 11.7 Å². The summed E-state index contributed by atoms with van der Waals surface area (Å²) in [5.41, 5.74) is 8.30. The van der Waals surface area contributed by atoms with Gasteiger partial charge in [-0.3, -0.25) is 4.98 Å². The second kappa shape index (κ2) is 5.10. The molecular weight excluding hydrogens is 212 g/mol. The van der Waals surface area contributed by atoms with Crippen LogP contribution < -0.4 is 5.73 Å². The van der Waals surface area contributed by atoms with Crippen molar-refractivity contribution in [3.63, 3.8) is 0 Å². The third-order valence-electron chi connectivity index (χ3n) is 2.71. The van der Waals surface area contributed by atoms with E-state index in [9.17, 15) is 0 Å². The maximum Gasteiger partial charge on any atom is 0.0994 e. The lowest BCUT2D eigenvalue weighted by atomic mass is 10.0. The third-order valence-corrected chi connectivity index (χ3v) is 2.71. The van der Waals surface area contributed by atoms with Crippen molar-refractivity contribution < 1.29 is 0 Å². The Bertz CT molecular complexity index is 461. The molecule has 2 heterocycles. The number of hydrogen-bond donors (Lipinski definition) is 1. The van der Waals surface area contributed by atoms with E-state index in [1.165, 1.54) is 0 Å². The Morgan fingerprint density at radius 2 is 1.94 bits per heavy atom. The maximum atomic E-state index is 6.20. The van der Waals surface area contributed by atoms with Crippen LogP contribution in [-0.4, -0.2) is 14.5 Å². The molecule has 0 aliphatic rings. The molecule has 0 saturated heterocycles. The maximum absolute atomic E-state index is 6.20. The van der Waals surface area contributed by atoms with Crippen LogP contribution in [0.25, 0.3) is 5.69 Å². The van der Waals surface area contributed by atoms with Gasteiger partial charge in [0, 0.05) is 24.1 Å². The van der Waals surface area contributed by atoms with Crippen molar-refractivity contribution in [2.75, 3.05) is 0 Å². The zero-order chi connectivity index (χ0) is 12.3. The number of nitrogens with two attached hydrogens (primary N) is 1. The van der Waals surface area contributed by atoms with Crippen LogP contribution in [0.4, 0.5) is 0 Å². The van der Waals surface area contributed by atoms with Gasteiger partial charge in [0.25, 0.3) is 0 Å². The lowest BCUT2D eigenvalue weighted by Crippen LogP contribution is -2.16. The van der Waals surface area contributed by atoms with Crippen LogP contribution in [0.5, 0.6) is 0 Å². The summed E-state index contributed by atoms with van der Waals surface area (Å²) in [7, 11) is 0. The fourth-order valence-electron chi connectivity index (χ4n) is 1.93. The molecule has 90 valence electrons. The average molecular weight is 230 g/mol. The fraction of sp³-hybridized carbons (Fsp3) is 0.385. The summed E-state index contributed by atoms with van der Waals surface area (Å²) in [5.74, 6) is 0.575. The van der Waals surface area contributed by atoms with Crippen LogP contribution in [0.15, 0.2) is 37.1 Å². The molecule has 0 amide bonds. The summed E-state index contributed by atoms with van der Waals surface area (Å²) in [5, 5.41) is 0. The Morgan fingerprint density at radius 3 is 2.59 bits per heavy atom. The second-order valence-corrected chi connectivity index (χ2v) is 4.63. The van der Waals surface area contributed by atoms with Crippen LogP contribution in [0.3, 0.4) is 0 Å². The number of nitrogens with zero attached hydrogens (tertiary/aromatic N) is 3. The molecule has 4 heteroatoms. The first-order valence-electron chi connectivity index (χ1n) is 5.86. The molecule has 0 aromatic carbocycles. The predicted molar refractivity (Wildman–Crippen MR) is 67.7 cm³/mol.